The zero-order valence-electron chi connectivity index (χ0n) is 6.44. The van der Waals surface area contributed by atoms with E-state index in [1.54, 1.807) is 6.92 Å². The van der Waals surface area contributed by atoms with Crippen LogP contribution in [-0.2, 0) is 27.8 Å². The van der Waals surface area contributed by atoms with Crippen molar-refractivity contribution in [1.82, 2.24) is 0 Å². The molecule has 0 amide bonds. The van der Waals surface area contributed by atoms with Crippen LogP contribution in [0.15, 0.2) is 22.9 Å². The first-order valence-electron chi connectivity index (χ1n) is 2.88. The first-order valence-corrected chi connectivity index (χ1v) is 6.36. The van der Waals surface area contributed by atoms with E-state index in [1.165, 1.54) is 25.6 Å². The van der Waals surface area contributed by atoms with Crippen LogP contribution in [0, 0.1) is 0 Å². The number of carbonyl (C=O) groups excluding carboxylic acids is 3. The van der Waals surface area contributed by atoms with Gasteiger partial charge in [0.05, 0.1) is 0 Å². The summed E-state index contributed by atoms with van der Waals surface area (Å²) in [6.07, 6.45) is 2.78. The summed E-state index contributed by atoms with van der Waals surface area (Å²) in [5.74, 6) is 0. The first-order chi connectivity index (χ1) is 5.70. The summed E-state index contributed by atoms with van der Waals surface area (Å²) < 4.78 is 4.66. The molecule has 0 atom stereocenters. The van der Waals surface area contributed by atoms with Crippen LogP contribution >= 0.6 is 0 Å². The normalized spacial score (nSPS) is 10.9. The Kier molecular flexibility index (Phi) is 4.22. The predicted molar refractivity (Wildman–Crippen MR) is 41.0 cm³/mol. The molecule has 0 N–H and O–H groups in total. The minimum absolute atomic E-state index is 0.311. The molecule has 3 nitrogen and oxygen atoms in total. The van der Waals surface area contributed by atoms with Crippen molar-refractivity contribution in [1.29, 1.82) is 0 Å². The van der Waals surface area contributed by atoms with Crippen molar-refractivity contribution in [3.8, 4) is 0 Å². The van der Waals surface area contributed by atoms with Gasteiger partial charge in [0.2, 0.25) is 0 Å². The van der Waals surface area contributed by atoms with E-state index >= 15 is 0 Å². The Bertz CT molecular complexity index is 417. The van der Waals surface area contributed by atoms with E-state index in [2.05, 4.69) is 6.58 Å². The quantitative estimate of drug-likeness (QED) is 0.529. The van der Waals surface area contributed by atoms with Gasteiger partial charge in [-0.25, -0.2) is 0 Å². The molecule has 4 heteroatoms. The first kappa shape index (κ1) is 10.8. The van der Waals surface area contributed by atoms with Crippen LogP contribution in [0.3, 0.4) is 0 Å². The van der Waals surface area contributed by atoms with E-state index in [0.717, 1.165) is 0 Å². The molecule has 0 radical (unpaired) electrons. The van der Waals surface area contributed by atoms with Crippen molar-refractivity contribution >= 4 is 13.4 Å². The van der Waals surface area contributed by atoms with E-state index in [0.29, 0.717) is 4.17 Å². The second kappa shape index (κ2) is 4.67. The Labute approximate surface area is 71.4 Å². The fourth-order valence-electron chi connectivity index (χ4n) is 0.548. The predicted octanol–water partition coefficient (Wildman–Crippen LogP) is 0.432. The number of rotatable bonds is 2. The van der Waals surface area contributed by atoms with E-state index < -0.39 is 13.4 Å². The molecule has 0 aromatic carbocycles. The number of hydrogen-bond acceptors (Lipinski definition) is 3. The molecule has 0 aromatic rings. The van der Waals surface area contributed by atoms with E-state index in [1.807, 2.05) is 0 Å². The van der Waals surface area contributed by atoms with Crippen molar-refractivity contribution in [2.24, 2.45) is 0 Å². The molecule has 0 fully saturated rings. The van der Waals surface area contributed by atoms with Gasteiger partial charge in [-0.05, 0) is 0 Å². The van der Waals surface area contributed by atoms with Crippen LogP contribution in [0.25, 0.3) is 0 Å². The van der Waals surface area contributed by atoms with Gasteiger partial charge < -0.3 is 0 Å². The van der Waals surface area contributed by atoms with Crippen molar-refractivity contribution in [2.45, 2.75) is 6.92 Å². The van der Waals surface area contributed by atoms with Gasteiger partial charge in [0.25, 0.3) is 0 Å². The summed E-state index contributed by atoms with van der Waals surface area (Å²) in [5, 5.41) is 0. The molecule has 0 saturated carbocycles. The molecule has 0 aliphatic rings. The monoisotopic (exact) mass is 253 g/mol. The van der Waals surface area contributed by atoms with Gasteiger partial charge in [0.15, 0.2) is 0 Å². The zero-order chi connectivity index (χ0) is 9.61. The molecule has 0 bridgehead atoms. The van der Waals surface area contributed by atoms with E-state index in [4.69, 9.17) is 0 Å². The Balaban J connectivity index is 6.48. The summed E-state index contributed by atoms with van der Waals surface area (Å²) in [5.41, 5.74) is 0. The molecular weight excluding hydrogens is 245 g/mol. The number of allylic oxidation sites excluding steroid dienone is 3. The minimum atomic E-state index is -3.85. The van der Waals surface area contributed by atoms with Gasteiger partial charge in [-0.1, -0.05) is 0 Å². The Morgan fingerprint density at radius 2 is 1.67 bits per heavy atom. The van der Waals surface area contributed by atoms with E-state index in [-0.39, 0.29) is 0 Å². The maximum absolute atomic E-state index is 10.4. The van der Waals surface area contributed by atoms with Crippen LogP contribution in [0.1, 0.15) is 6.92 Å². The Hall–Kier alpha value is -1.16. The molecule has 0 saturated heterocycles. The van der Waals surface area contributed by atoms with Crippen LogP contribution in [-0.4, -0.2) is 13.4 Å². The molecule has 0 aromatic heterocycles. The third-order valence-electron chi connectivity index (χ3n) is 1.09. The average Bonchev–Trinajstić information content (AvgIpc) is 2.14. The summed E-state index contributed by atoms with van der Waals surface area (Å²) in [4.78, 5) is 31.2. The van der Waals surface area contributed by atoms with Crippen LogP contribution < -0.4 is 0 Å². The average molecular weight is 252 g/mol. The standard InChI is InChI=1S/C5H7.3CO.Ru/c1-3-5-4-2;3*1-2;/h3-4H,1H2,2H3;;;;. The third-order valence-corrected chi connectivity index (χ3v) is 5.05. The molecule has 0 spiro atoms. The molecule has 12 heavy (non-hydrogen) atoms. The summed E-state index contributed by atoms with van der Waals surface area (Å²) in [7, 11) is 0. The van der Waals surface area contributed by atoms with Gasteiger partial charge in [0, 0.05) is 0 Å². The second-order valence-electron chi connectivity index (χ2n) is 1.61. The summed E-state index contributed by atoms with van der Waals surface area (Å²) in [6.45, 7) is 4.99. The fraction of sp³-hybridized carbons (Fsp3) is 0.125. The molecule has 0 heterocycles. The van der Waals surface area contributed by atoms with Gasteiger partial charge in [-0.15, -0.1) is 0 Å². The SMILES string of the molecule is C=C[C](=CC)[Ru](=[C]=O)(=[C]=O)=[C]=O. The molecule has 0 unspecified atom stereocenters. The second-order valence-corrected chi connectivity index (χ2v) is 6.29. The molecule has 0 rings (SSSR count). The van der Waals surface area contributed by atoms with Crippen LogP contribution in [0.2, 0.25) is 0 Å². The topological polar surface area (TPSA) is 51.2 Å². The van der Waals surface area contributed by atoms with Gasteiger partial charge >= 0.3 is 71.1 Å². The number of hydrogen-bond donors (Lipinski definition) is 0. The molecule has 0 aliphatic carbocycles. The van der Waals surface area contributed by atoms with Gasteiger partial charge in [-0.2, -0.15) is 0 Å². The van der Waals surface area contributed by atoms with Gasteiger partial charge in [0.1, 0.15) is 0 Å². The van der Waals surface area contributed by atoms with Gasteiger partial charge in [-0.3, -0.25) is 0 Å². The molecule has 65 valence electrons. The van der Waals surface area contributed by atoms with Crippen molar-refractivity contribution in [2.75, 3.05) is 0 Å². The molecular formula is C8H7O3Ru. The van der Waals surface area contributed by atoms with Crippen molar-refractivity contribution < 1.29 is 27.8 Å². The Morgan fingerprint density at radius 1 is 1.25 bits per heavy atom. The van der Waals surface area contributed by atoms with Crippen LogP contribution in [0.5, 0.6) is 0 Å². The zero-order valence-corrected chi connectivity index (χ0v) is 8.18. The molecule has 0 aliphatic heterocycles. The van der Waals surface area contributed by atoms with Crippen LogP contribution in [0.4, 0.5) is 0 Å². The summed E-state index contributed by atoms with van der Waals surface area (Å²) in [6, 6.07) is 0. The maximum atomic E-state index is 10.4. The van der Waals surface area contributed by atoms with Crippen molar-refractivity contribution in [3.63, 3.8) is 0 Å². The summed E-state index contributed by atoms with van der Waals surface area (Å²) >= 11 is -3.85. The van der Waals surface area contributed by atoms with E-state index in [9.17, 15) is 14.4 Å². The fourth-order valence-corrected chi connectivity index (χ4v) is 2.66. The van der Waals surface area contributed by atoms with Crippen molar-refractivity contribution in [3.05, 3.63) is 22.9 Å². The third kappa shape index (κ3) is 1.71. The Morgan fingerprint density at radius 3 is 1.75 bits per heavy atom.